The van der Waals surface area contributed by atoms with Gasteiger partial charge in [0.25, 0.3) is 0 Å². The molecule has 64 valence electrons. The highest BCUT2D eigenvalue weighted by molar-refractivity contribution is 9.10. The third-order valence-electron chi connectivity index (χ3n) is 1.96. The van der Waals surface area contributed by atoms with Gasteiger partial charge in [-0.1, -0.05) is 12.1 Å². The van der Waals surface area contributed by atoms with Crippen LogP contribution in [-0.2, 0) is 0 Å². The van der Waals surface area contributed by atoms with Crippen molar-refractivity contribution < 1.29 is 0 Å². The Kier molecular flexibility index (Phi) is 2.10. The number of halogens is 1. The van der Waals surface area contributed by atoms with Gasteiger partial charge in [-0.05, 0) is 28.9 Å². The number of benzene rings is 1. The molecule has 3 heteroatoms. The molecule has 1 nitrogen and oxygen atoms in total. The first-order valence-electron chi connectivity index (χ1n) is 3.81. The molecule has 0 saturated heterocycles. The first-order chi connectivity index (χ1) is 6.24. The number of rotatable bonds is 0. The second kappa shape index (κ2) is 3.13. The van der Waals surface area contributed by atoms with Gasteiger partial charge in [0, 0.05) is 14.7 Å². The second-order valence-electron chi connectivity index (χ2n) is 2.76. The normalized spacial score (nSPS) is 10.2. The van der Waals surface area contributed by atoms with Crippen molar-refractivity contribution >= 4 is 37.4 Å². The van der Waals surface area contributed by atoms with E-state index < -0.39 is 0 Å². The Labute approximate surface area is 88.7 Å². The lowest BCUT2D eigenvalue weighted by molar-refractivity contribution is 1.48. The van der Waals surface area contributed by atoms with E-state index in [0.717, 1.165) is 25.0 Å². The van der Waals surface area contributed by atoms with Crippen LogP contribution >= 0.6 is 27.3 Å². The van der Waals surface area contributed by atoms with E-state index in [2.05, 4.69) is 22.0 Å². The quantitative estimate of drug-likeness (QED) is 0.698. The summed E-state index contributed by atoms with van der Waals surface area (Å²) < 4.78 is 2.23. The van der Waals surface area contributed by atoms with Gasteiger partial charge >= 0.3 is 0 Å². The van der Waals surface area contributed by atoms with Gasteiger partial charge in [0.1, 0.15) is 6.07 Å². The van der Waals surface area contributed by atoms with Crippen molar-refractivity contribution in [3.63, 3.8) is 0 Å². The third-order valence-corrected chi connectivity index (χ3v) is 4.03. The summed E-state index contributed by atoms with van der Waals surface area (Å²) >= 11 is 5.14. The first kappa shape index (κ1) is 8.74. The van der Waals surface area contributed by atoms with Crippen molar-refractivity contribution in [2.24, 2.45) is 0 Å². The van der Waals surface area contributed by atoms with Crippen LogP contribution in [0.25, 0.3) is 10.1 Å². The van der Waals surface area contributed by atoms with Crippen molar-refractivity contribution in [1.82, 2.24) is 0 Å². The first-order valence-corrected chi connectivity index (χ1v) is 5.42. The van der Waals surface area contributed by atoms with Crippen molar-refractivity contribution in [3.05, 3.63) is 33.1 Å². The van der Waals surface area contributed by atoms with Gasteiger partial charge < -0.3 is 0 Å². The highest BCUT2D eigenvalue weighted by Crippen LogP contribution is 2.34. The molecule has 0 fully saturated rings. The van der Waals surface area contributed by atoms with Gasteiger partial charge in [-0.3, -0.25) is 0 Å². The molecule has 0 unspecified atom stereocenters. The van der Waals surface area contributed by atoms with E-state index in [-0.39, 0.29) is 0 Å². The van der Waals surface area contributed by atoms with Gasteiger partial charge in [0.2, 0.25) is 0 Å². The molecule has 0 spiro atoms. The standard InChI is InChI=1S/C10H6BrNS/c1-6-8(5-12)7-3-2-4-9(11)10(7)13-6/h2-4H,1H3. The van der Waals surface area contributed by atoms with Crippen LogP contribution < -0.4 is 0 Å². The van der Waals surface area contributed by atoms with Crippen LogP contribution in [0.1, 0.15) is 10.4 Å². The highest BCUT2D eigenvalue weighted by atomic mass is 79.9. The summed E-state index contributed by atoms with van der Waals surface area (Å²) in [5.74, 6) is 0. The SMILES string of the molecule is Cc1sc2c(Br)cccc2c1C#N. The van der Waals surface area contributed by atoms with Crippen molar-refractivity contribution in [2.75, 3.05) is 0 Å². The van der Waals surface area contributed by atoms with Crippen LogP contribution in [0.3, 0.4) is 0 Å². The van der Waals surface area contributed by atoms with Crippen LogP contribution in [0.2, 0.25) is 0 Å². The predicted octanol–water partition coefficient (Wildman–Crippen LogP) is 3.84. The number of nitriles is 1. The minimum Gasteiger partial charge on any atom is -0.192 e. The molecule has 0 aliphatic carbocycles. The van der Waals surface area contributed by atoms with E-state index in [1.54, 1.807) is 11.3 Å². The summed E-state index contributed by atoms with van der Waals surface area (Å²) in [6.07, 6.45) is 0. The number of hydrogen-bond donors (Lipinski definition) is 0. The Balaban J connectivity index is 2.96. The van der Waals surface area contributed by atoms with E-state index in [1.807, 2.05) is 25.1 Å². The lowest BCUT2D eigenvalue weighted by Crippen LogP contribution is -1.72. The summed E-state index contributed by atoms with van der Waals surface area (Å²) in [6.45, 7) is 1.98. The Morgan fingerprint density at radius 3 is 2.92 bits per heavy atom. The maximum Gasteiger partial charge on any atom is 0.101 e. The van der Waals surface area contributed by atoms with Gasteiger partial charge in [0.15, 0.2) is 0 Å². The summed E-state index contributed by atoms with van der Waals surface area (Å²) in [5, 5.41) is 9.99. The molecule has 0 aliphatic heterocycles. The van der Waals surface area contributed by atoms with Gasteiger partial charge in [-0.2, -0.15) is 5.26 Å². The van der Waals surface area contributed by atoms with E-state index in [4.69, 9.17) is 5.26 Å². The molecule has 2 aromatic rings. The Morgan fingerprint density at radius 2 is 2.23 bits per heavy atom. The molecular formula is C10H6BrNS. The predicted molar refractivity (Wildman–Crippen MR) is 59.0 cm³/mol. The third kappa shape index (κ3) is 1.27. The number of nitrogens with zero attached hydrogens (tertiary/aromatic N) is 1. The van der Waals surface area contributed by atoms with Crippen LogP contribution in [0.4, 0.5) is 0 Å². The maximum atomic E-state index is 8.94. The van der Waals surface area contributed by atoms with Gasteiger partial charge in [-0.15, -0.1) is 11.3 Å². The Morgan fingerprint density at radius 1 is 1.46 bits per heavy atom. The molecule has 13 heavy (non-hydrogen) atoms. The Bertz CT molecular complexity index is 507. The summed E-state index contributed by atoms with van der Waals surface area (Å²) in [6, 6.07) is 8.18. The van der Waals surface area contributed by atoms with E-state index in [9.17, 15) is 0 Å². The molecule has 0 radical (unpaired) electrons. The van der Waals surface area contributed by atoms with E-state index in [0.29, 0.717) is 0 Å². The number of aryl methyl sites for hydroxylation is 1. The number of fused-ring (bicyclic) bond motifs is 1. The summed E-state index contributed by atoms with van der Waals surface area (Å²) in [4.78, 5) is 1.09. The van der Waals surface area contributed by atoms with Crippen LogP contribution in [0, 0.1) is 18.3 Å². The zero-order valence-electron chi connectivity index (χ0n) is 6.97. The summed E-state index contributed by atoms with van der Waals surface area (Å²) in [7, 11) is 0. The fourth-order valence-electron chi connectivity index (χ4n) is 1.34. The van der Waals surface area contributed by atoms with Crippen LogP contribution in [-0.4, -0.2) is 0 Å². The molecule has 0 amide bonds. The molecule has 1 heterocycles. The van der Waals surface area contributed by atoms with Crippen molar-refractivity contribution in [1.29, 1.82) is 5.26 Å². The van der Waals surface area contributed by atoms with E-state index in [1.165, 1.54) is 0 Å². The average Bonchev–Trinajstić information content (AvgIpc) is 2.43. The fraction of sp³-hybridized carbons (Fsp3) is 0.100. The highest BCUT2D eigenvalue weighted by Gasteiger charge is 2.09. The zero-order valence-corrected chi connectivity index (χ0v) is 9.37. The molecule has 0 N–H and O–H groups in total. The lowest BCUT2D eigenvalue weighted by atomic mass is 10.1. The molecule has 0 aliphatic rings. The molecule has 2 rings (SSSR count). The fourth-order valence-corrected chi connectivity index (χ4v) is 2.96. The molecule has 0 bridgehead atoms. The monoisotopic (exact) mass is 251 g/mol. The molecule has 1 aromatic heterocycles. The number of thiophene rings is 1. The summed E-state index contributed by atoms with van der Waals surface area (Å²) in [5.41, 5.74) is 0.807. The minimum atomic E-state index is 0.807. The molecule has 0 saturated carbocycles. The van der Waals surface area contributed by atoms with Crippen molar-refractivity contribution in [3.8, 4) is 6.07 Å². The zero-order chi connectivity index (χ0) is 9.42. The number of hydrogen-bond acceptors (Lipinski definition) is 2. The average molecular weight is 252 g/mol. The van der Waals surface area contributed by atoms with Crippen LogP contribution in [0.15, 0.2) is 22.7 Å². The topological polar surface area (TPSA) is 23.8 Å². The van der Waals surface area contributed by atoms with Gasteiger partial charge in [0.05, 0.1) is 10.3 Å². The lowest BCUT2D eigenvalue weighted by Gasteiger charge is -1.91. The molecule has 0 atom stereocenters. The molecule has 1 aromatic carbocycles. The van der Waals surface area contributed by atoms with E-state index >= 15 is 0 Å². The van der Waals surface area contributed by atoms with Crippen LogP contribution in [0.5, 0.6) is 0 Å². The smallest absolute Gasteiger partial charge is 0.101 e. The second-order valence-corrected chi connectivity index (χ2v) is 4.84. The largest absolute Gasteiger partial charge is 0.192 e. The molecular weight excluding hydrogens is 246 g/mol. The maximum absolute atomic E-state index is 8.94. The van der Waals surface area contributed by atoms with Gasteiger partial charge in [-0.25, -0.2) is 0 Å². The minimum absolute atomic E-state index is 0.807. The van der Waals surface area contributed by atoms with Crippen molar-refractivity contribution in [2.45, 2.75) is 6.92 Å². The Hall–Kier alpha value is -0.850.